The van der Waals surface area contributed by atoms with Crippen molar-refractivity contribution < 1.29 is 0 Å². The first-order chi connectivity index (χ1) is 7.81. The van der Waals surface area contributed by atoms with Crippen LogP contribution in [0.15, 0.2) is 12.4 Å². The molecule has 0 amide bonds. The van der Waals surface area contributed by atoms with Crippen molar-refractivity contribution in [3.63, 3.8) is 0 Å². The molecule has 0 spiro atoms. The van der Waals surface area contributed by atoms with Crippen LogP contribution in [0.2, 0.25) is 0 Å². The SMILES string of the molecule is CCN(CC1CCNCC1)c1nccn1C. The largest absolute Gasteiger partial charge is 0.342 e. The molecule has 0 saturated carbocycles. The number of hydrogen-bond acceptors (Lipinski definition) is 3. The molecule has 2 heterocycles. The van der Waals surface area contributed by atoms with Crippen LogP contribution in [0.4, 0.5) is 5.95 Å². The highest BCUT2D eigenvalue weighted by molar-refractivity contribution is 5.30. The predicted molar refractivity (Wildman–Crippen MR) is 66.7 cm³/mol. The Bertz CT molecular complexity index is 315. The van der Waals surface area contributed by atoms with E-state index in [1.807, 2.05) is 12.4 Å². The molecule has 1 saturated heterocycles. The summed E-state index contributed by atoms with van der Waals surface area (Å²) in [4.78, 5) is 6.81. The number of nitrogens with one attached hydrogen (secondary N) is 1. The molecule has 2 rings (SSSR count). The first kappa shape index (κ1) is 11.5. The summed E-state index contributed by atoms with van der Waals surface area (Å²) in [6, 6.07) is 0. The molecule has 0 aliphatic carbocycles. The first-order valence-corrected chi connectivity index (χ1v) is 6.24. The lowest BCUT2D eigenvalue weighted by Gasteiger charge is -2.29. The summed E-state index contributed by atoms with van der Waals surface area (Å²) in [6.07, 6.45) is 6.47. The van der Waals surface area contributed by atoms with E-state index in [-0.39, 0.29) is 0 Å². The fourth-order valence-corrected chi connectivity index (χ4v) is 2.39. The number of rotatable bonds is 4. The number of anilines is 1. The second kappa shape index (κ2) is 5.34. The van der Waals surface area contributed by atoms with Crippen molar-refractivity contribution in [3.05, 3.63) is 12.4 Å². The second-order valence-corrected chi connectivity index (χ2v) is 4.57. The molecule has 4 nitrogen and oxygen atoms in total. The third-order valence-electron chi connectivity index (χ3n) is 3.40. The Morgan fingerprint density at radius 2 is 2.25 bits per heavy atom. The predicted octanol–water partition coefficient (Wildman–Crippen LogP) is 1.25. The molecular weight excluding hydrogens is 200 g/mol. The van der Waals surface area contributed by atoms with Crippen molar-refractivity contribution in [2.75, 3.05) is 31.1 Å². The zero-order valence-electron chi connectivity index (χ0n) is 10.3. The van der Waals surface area contributed by atoms with Crippen molar-refractivity contribution >= 4 is 5.95 Å². The Hall–Kier alpha value is -1.03. The van der Waals surface area contributed by atoms with E-state index in [0.29, 0.717) is 0 Å². The second-order valence-electron chi connectivity index (χ2n) is 4.57. The zero-order chi connectivity index (χ0) is 11.4. The highest BCUT2D eigenvalue weighted by Crippen LogP contribution is 2.17. The highest BCUT2D eigenvalue weighted by Gasteiger charge is 2.18. The summed E-state index contributed by atoms with van der Waals surface area (Å²) >= 11 is 0. The number of aryl methyl sites for hydroxylation is 1. The molecule has 16 heavy (non-hydrogen) atoms. The maximum absolute atomic E-state index is 4.43. The van der Waals surface area contributed by atoms with Gasteiger partial charge in [0.25, 0.3) is 0 Å². The summed E-state index contributed by atoms with van der Waals surface area (Å²) in [7, 11) is 2.06. The maximum atomic E-state index is 4.43. The van der Waals surface area contributed by atoms with Crippen molar-refractivity contribution in [1.29, 1.82) is 0 Å². The molecule has 1 aliphatic rings. The van der Waals surface area contributed by atoms with Crippen LogP contribution in [0.5, 0.6) is 0 Å². The van der Waals surface area contributed by atoms with E-state index in [9.17, 15) is 0 Å². The fourth-order valence-electron chi connectivity index (χ4n) is 2.39. The molecule has 1 N–H and O–H groups in total. The van der Waals surface area contributed by atoms with Crippen molar-refractivity contribution in [1.82, 2.24) is 14.9 Å². The minimum Gasteiger partial charge on any atom is -0.342 e. The maximum Gasteiger partial charge on any atom is 0.205 e. The molecule has 0 radical (unpaired) electrons. The van der Waals surface area contributed by atoms with E-state index in [0.717, 1.165) is 25.0 Å². The molecular formula is C12H22N4. The van der Waals surface area contributed by atoms with Crippen molar-refractivity contribution in [2.45, 2.75) is 19.8 Å². The van der Waals surface area contributed by atoms with Gasteiger partial charge < -0.3 is 14.8 Å². The molecule has 0 bridgehead atoms. The Kier molecular flexibility index (Phi) is 3.83. The molecule has 1 aromatic rings. The van der Waals surface area contributed by atoms with E-state index in [4.69, 9.17) is 0 Å². The van der Waals surface area contributed by atoms with Crippen LogP contribution in [0.1, 0.15) is 19.8 Å². The Balaban J connectivity index is 1.97. The molecule has 1 fully saturated rings. The first-order valence-electron chi connectivity index (χ1n) is 6.24. The molecule has 0 unspecified atom stereocenters. The molecule has 0 atom stereocenters. The Labute approximate surface area is 97.7 Å². The number of aromatic nitrogens is 2. The minimum atomic E-state index is 0.817. The van der Waals surface area contributed by atoms with Crippen LogP contribution in [0, 0.1) is 5.92 Å². The van der Waals surface area contributed by atoms with E-state index in [1.165, 1.54) is 25.9 Å². The van der Waals surface area contributed by atoms with E-state index >= 15 is 0 Å². The summed E-state index contributed by atoms with van der Waals surface area (Å²) < 4.78 is 2.10. The van der Waals surface area contributed by atoms with Crippen molar-refractivity contribution in [3.8, 4) is 0 Å². The van der Waals surface area contributed by atoms with Gasteiger partial charge in [-0.25, -0.2) is 4.98 Å². The fraction of sp³-hybridized carbons (Fsp3) is 0.750. The molecule has 1 aromatic heterocycles. The Morgan fingerprint density at radius 1 is 1.50 bits per heavy atom. The number of imidazole rings is 1. The standard InChI is InChI=1S/C12H22N4/c1-3-16(12-14-8-9-15(12)2)10-11-4-6-13-7-5-11/h8-9,11,13H,3-7,10H2,1-2H3. The topological polar surface area (TPSA) is 33.1 Å². The molecule has 1 aliphatic heterocycles. The quantitative estimate of drug-likeness (QED) is 0.832. The van der Waals surface area contributed by atoms with Crippen molar-refractivity contribution in [2.24, 2.45) is 13.0 Å². The van der Waals surface area contributed by atoms with E-state index < -0.39 is 0 Å². The lowest BCUT2D eigenvalue weighted by Crippen LogP contribution is -2.37. The van der Waals surface area contributed by atoms with Gasteiger partial charge in [0.05, 0.1) is 0 Å². The van der Waals surface area contributed by atoms with Gasteiger partial charge in [-0.1, -0.05) is 0 Å². The van der Waals surface area contributed by atoms with Crippen LogP contribution in [-0.4, -0.2) is 35.7 Å². The number of nitrogens with zero attached hydrogens (tertiary/aromatic N) is 3. The van der Waals surface area contributed by atoms with Crippen LogP contribution in [0.25, 0.3) is 0 Å². The van der Waals surface area contributed by atoms with Gasteiger partial charge in [0.2, 0.25) is 5.95 Å². The molecule has 90 valence electrons. The smallest absolute Gasteiger partial charge is 0.205 e. The average molecular weight is 222 g/mol. The van der Waals surface area contributed by atoms with Crippen LogP contribution >= 0.6 is 0 Å². The van der Waals surface area contributed by atoms with E-state index in [1.54, 1.807) is 0 Å². The van der Waals surface area contributed by atoms with Gasteiger partial charge in [0, 0.05) is 32.5 Å². The van der Waals surface area contributed by atoms with Gasteiger partial charge in [0.1, 0.15) is 0 Å². The van der Waals surface area contributed by atoms with Crippen LogP contribution in [0.3, 0.4) is 0 Å². The number of piperidine rings is 1. The zero-order valence-corrected chi connectivity index (χ0v) is 10.3. The van der Waals surface area contributed by atoms with Gasteiger partial charge in [-0.3, -0.25) is 0 Å². The third-order valence-corrected chi connectivity index (χ3v) is 3.40. The van der Waals surface area contributed by atoms with Gasteiger partial charge >= 0.3 is 0 Å². The minimum absolute atomic E-state index is 0.817. The average Bonchev–Trinajstić information content (AvgIpc) is 2.74. The molecule has 4 heteroatoms. The Morgan fingerprint density at radius 3 is 2.81 bits per heavy atom. The van der Waals surface area contributed by atoms with E-state index in [2.05, 4.69) is 33.7 Å². The van der Waals surface area contributed by atoms with Gasteiger partial charge in [-0.15, -0.1) is 0 Å². The summed E-state index contributed by atoms with van der Waals surface area (Å²) in [6.45, 7) is 6.72. The lowest BCUT2D eigenvalue weighted by molar-refractivity contribution is 0.373. The van der Waals surface area contributed by atoms with Gasteiger partial charge in [-0.2, -0.15) is 0 Å². The van der Waals surface area contributed by atoms with Gasteiger partial charge in [0.15, 0.2) is 0 Å². The highest BCUT2D eigenvalue weighted by atomic mass is 15.3. The lowest BCUT2D eigenvalue weighted by atomic mass is 9.98. The van der Waals surface area contributed by atoms with Crippen LogP contribution < -0.4 is 10.2 Å². The monoisotopic (exact) mass is 222 g/mol. The third kappa shape index (κ3) is 2.55. The molecule has 0 aromatic carbocycles. The summed E-state index contributed by atoms with van der Waals surface area (Å²) in [5.41, 5.74) is 0. The number of hydrogen-bond donors (Lipinski definition) is 1. The van der Waals surface area contributed by atoms with Crippen LogP contribution in [-0.2, 0) is 7.05 Å². The van der Waals surface area contributed by atoms with Gasteiger partial charge in [-0.05, 0) is 38.8 Å². The summed E-state index contributed by atoms with van der Waals surface area (Å²) in [5, 5.41) is 3.41. The normalized spacial score (nSPS) is 17.6. The summed E-state index contributed by atoms with van der Waals surface area (Å²) in [5.74, 6) is 1.92.